The van der Waals surface area contributed by atoms with E-state index in [1.54, 1.807) is 30.3 Å². The van der Waals surface area contributed by atoms with Crippen LogP contribution < -0.4 is 25.2 Å². The molecule has 3 aromatic rings. The van der Waals surface area contributed by atoms with E-state index in [9.17, 15) is 35.1 Å². The highest BCUT2D eigenvalue weighted by atomic mass is 32.2. The quantitative estimate of drug-likeness (QED) is 0.205. The molecular formula is C32H39F3N4O8S2. The van der Waals surface area contributed by atoms with Gasteiger partial charge in [-0.15, -0.1) is 13.2 Å². The molecule has 49 heavy (non-hydrogen) atoms. The molecule has 1 unspecified atom stereocenters. The molecular weight excluding hydrogens is 690 g/mol. The Morgan fingerprint density at radius 2 is 1.73 bits per heavy atom. The molecule has 0 bridgehead atoms. The third-order valence-corrected chi connectivity index (χ3v) is 12.0. The monoisotopic (exact) mass is 728 g/mol. The van der Waals surface area contributed by atoms with E-state index in [-0.39, 0.29) is 42.9 Å². The van der Waals surface area contributed by atoms with Crippen molar-refractivity contribution in [3.63, 3.8) is 0 Å². The van der Waals surface area contributed by atoms with Crippen molar-refractivity contribution in [2.75, 3.05) is 39.9 Å². The second kappa shape index (κ2) is 14.9. The molecule has 0 aliphatic carbocycles. The molecule has 268 valence electrons. The fraction of sp³-hybridized carbons (Fsp3) is 0.438. The fourth-order valence-corrected chi connectivity index (χ4v) is 8.28. The zero-order valence-corrected chi connectivity index (χ0v) is 28.3. The second-order valence-electron chi connectivity index (χ2n) is 12.0. The molecule has 2 aliphatic rings. The predicted octanol–water partition coefficient (Wildman–Crippen LogP) is 2.96. The Hall–Kier alpha value is -3.29. The lowest BCUT2D eigenvalue weighted by Gasteiger charge is -2.38. The summed E-state index contributed by atoms with van der Waals surface area (Å²) < 4.78 is 111. The van der Waals surface area contributed by atoms with Gasteiger partial charge >= 0.3 is 6.36 Å². The molecule has 0 radical (unpaired) electrons. The molecule has 12 nitrogen and oxygen atoms in total. The van der Waals surface area contributed by atoms with Crippen LogP contribution in [-0.4, -0.2) is 90.3 Å². The normalized spacial score (nSPS) is 19.2. The smallest absolute Gasteiger partial charge is 0.491 e. The molecule has 2 aliphatic heterocycles. The molecule has 17 heteroatoms. The summed E-state index contributed by atoms with van der Waals surface area (Å²) in [4.78, 5) is -0.551. The van der Waals surface area contributed by atoms with Gasteiger partial charge in [-0.2, -0.15) is 4.31 Å². The Bertz CT molecular complexity index is 1820. The van der Waals surface area contributed by atoms with Crippen molar-refractivity contribution in [3.05, 3.63) is 72.3 Å². The number of halogens is 3. The van der Waals surface area contributed by atoms with Gasteiger partial charge in [0.2, 0.25) is 20.0 Å². The molecule has 0 amide bonds. The third kappa shape index (κ3) is 9.09. The van der Waals surface area contributed by atoms with E-state index < -0.39 is 48.8 Å². The van der Waals surface area contributed by atoms with Crippen molar-refractivity contribution in [1.82, 2.24) is 14.3 Å². The minimum atomic E-state index is -5.10. The Morgan fingerprint density at radius 1 is 1.04 bits per heavy atom. The molecule has 5 rings (SSSR count). The zero-order valence-electron chi connectivity index (χ0n) is 26.6. The number of sulfonamides is 2. The first kappa shape index (κ1) is 37.0. The van der Waals surface area contributed by atoms with E-state index in [0.29, 0.717) is 43.5 Å². The van der Waals surface area contributed by atoms with Gasteiger partial charge in [0.1, 0.15) is 29.1 Å². The summed E-state index contributed by atoms with van der Waals surface area (Å²) in [6, 6.07) is 16.3. The summed E-state index contributed by atoms with van der Waals surface area (Å²) in [6.45, 7) is 0.729. The zero-order chi connectivity index (χ0) is 35.5. The summed E-state index contributed by atoms with van der Waals surface area (Å²) in [7, 11) is -6.74. The van der Waals surface area contributed by atoms with Crippen LogP contribution in [0.2, 0.25) is 0 Å². The first-order valence-corrected chi connectivity index (χ1v) is 18.5. The van der Waals surface area contributed by atoms with Crippen molar-refractivity contribution in [3.8, 4) is 22.6 Å². The molecule has 2 saturated heterocycles. The van der Waals surface area contributed by atoms with Crippen LogP contribution in [-0.2, 0) is 31.3 Å². The standard InChI is InChI=1S/C32H39F3N4O8S2/c1-37-48(41,42)28-4-2-3-27(16-28)45-21-26(40)19-38-25-17-31(46-20-25)11-13-39(14-12-31)49(43,44)30-15-24(9-10-29(30)47-32(33,34)35)23-7-5-22(18-36)6-8-23/h2-10,15-16,25-26,37-38,40H,11-14,17-21,36H2,1H3/t25-,26?/m0/s1. The molecule has 0 aromatic heterocycles. The number of hydrogen-bond donors (Lipinski definition) is 4. The number of ether oxygens (including phenoxy) is 3. The Labute approximate surface area is 283 Å². The number of nitrogens with two attached hydrogens (primary N) is 1. The van der Waals surface area contributed by atoms with Crippen molar-refractivity contribution in [1.29, 1.82) is 0 Å². The van der Waals surface area contributed by atoms with Gasteiger partial charge in [-0.25, -0.2) is 21.6 Å². The van der Waals surface area contributed by atoms with Crippen molar-refractivity contribution in [2.24, 2.45) is 5.73 Å². The SMILES string of the molecule is CNS(=O)(=O)c1cccc(OCC(O)CN[C@@H]2COC3(CCN(S(=O)(=O)c4cc(-c5ccc(CN)cc5)ccc4OC(F)(F)F)CC3)C2)c1. The lowest BCUT2D eigenvalue weighted by molar-refractivity contribution is -0.275. The van der Waals surface area contributed by atoms with E-state index in [4.69, 9.17) is 15.2 Å². The van der Waals surface area contributed by atoms with Crippen molar-refractivity contribution < 1.29 is 49.3 Å². The van der Waals surface area contributed by atoms with Gasteiger partial charge in [0.05, 0.1) is 17.1 Å². The molecule has 3 aromatic carbocycles. The van der Waals surface area contributed by atoms with Gasteiger partial charge in [-0.1, -0.05) is 36.4 Å². The van der Waals surface area contributed by atoms with Gasteiger partial charge in [0.15, 0.2) is 0 Å². The highest BCUT2D eigenvalue weighted by Gasteiger charge is 2.45. The van der Waals surface area contributed by atoms with Gasteiger partial charge in [-0.3, -0.25) is 0 Å². The van der Waals surface area contributed by atoms with E-state index in [2.05, 4.69) is 14.8 Å². The van der Waals surface area contributed by atoms with Crippen LogP contribution >= 0.6 is 0 Å². The van der Waals surface area contributed by atoms with Gasteiger partial charge in [0, 0.05) is 38.3 Å². The van der Waals surface area contributed by atoms with Crippen LogP contribution in [0, 0.1) is 0 Å². The largest absolute Gasteiger partial charge is 0.573 e. The molecule has 5 N–H and O–H groups in total. The lowest BCUT2D eigenvalue weighted by atomic mass is 9.88. The minimum absolute atomic E-state index is 0.0226. The average Bonchev–Trinajstić information content (AvgIpc) is 3.48. The van der Waals surface area contributed by atoms with Crippen LogP contribution in [0.5, 0.6) is 11.5 Å². The maximum Gasteiger partial charge on any atom is 0.573 e. The van der Waals surface area contributed by atoms with E-state index >= 15 is 0 Å². The highest BCUT2D eigenvalue weighted by Crippen LogP contribution is 2.40. The Morgan fingerprint density at radius 3 is 2.39 bits per heavy atom. The molecule has 0 saturated carbocycles. The van der Waals surface area contributed by atoms with Crippen molar-refractivity contribution >= 4 is 20.0 Å². The summed E-state index contributed by atoms with van der Waals surface area (Å²) in [5.74, 6) is -0.528. The van der Waals surface area contributed by atoms with Crippen molar-refractivity contribution in [2.45, 2.75) is 59.7 Å². The van der Waals surface area contributed by atoms with Gasteiger partial charge in [0.25, 0.3) is 0 Å². The maximum absolute atomic E-state index is 13.8. The number of nitrogens with one attached hydrogen (secondary N) is 2. The minimum Gasteiger partial charge on any atom is -0.491 e. The van der Waals surface area contributed by atoms with Crippen LogP contribution in [0.3, 0.4) is 0 Å². The van der Waals surface area contributed by atoms with E-state index in [1.165, 1.54) is 37.4 Å². The fourth-order valence-electron chi connectivity index (χ4n) is 5.93. The van der Waals surface area contributed by atoms with Crippen LogP contribution in [0.25, 0.3) is 11.1 Å². The number of aliphatic hydroxyl groups excluding tert-OH is 1. The predicted molar refractivity (Wildman–Crippen MR) is 174 cm³/mol. The number of hydrogen-bond acceptors (Lipinski definition) is 10. The molecule has 2 fully saturated rings. The Kier molecular flexibility index (Phi) is 11.2. The van der Waals surface area contributed by atoms with E-state index in [0.717, 1.165) is 15.9 Å². The summed E-state index contributed by atoms with van der Waals surface area (Å²) >= 11 is 0. The van der Waals surface area contributed by atoms with Gasteiger partial charge in [-0.05, 0) is 67.3 Å². The van der Waals surface area contributed by atoms with E-state index in [1.807, 2.05) is 0 Å². The number of piperidine rings is 1. The van der Waals surface area contributed by atoms with Crippen LogP contribution in [0.1, 0.15) is 24.8 Å². The lowest BCUT2D eigenvalue weighted by Crippen LogP contribution is -2.47. The third-order valence-electron chi connectivity index (χ3n) is 8.62. The molecule has 2 atom stereocenters. The average molecular weight is 729 g/mol. The first-order valence-electron chi connectivity index (χ1n) is 15.5. The molecule has 2 heterocycles. The Balaban J connectivity index is 1.18. The number of nitrogens with zero attached hydrogens (tertiary/aromatic N) is 1. The first-order chi connectivity index (χ1) is 23.1. The van der Waals surface area contributed by atoms with Crippen LogP contribution in [0.4, 0.5) is 13.2 Å². The number of aliphatic hydroxyl groups is 1. The molecule has 1 spiro atoms. The van der Waals surface area contributed by atoms with Gasteiger partial charge < -0.3 is 30.4 Å². The maximum atomic E-state index is 13.8. The number of rotatable bonds is 13. The topological polar surface area (TPSA) is 170 Å². The summed E-state index contributed by atoms with van der Waals surface area (Å²) in [5.41, 5.74) is 6.87. The second-order valence-corrected chi connectivity index (χ2v) is 15.8. The number of benzene rings is 3. The summed E-state index contributed by atoms with van der Waals surface area (Å²) in [6.07, 6.45) is -4.85. The highest BCUT2D eigenvalue weighted by molar-refractivity contribution is 7.89. The van der Waals surface area contributed by atoms with Crippen LogP contribution in [0.15, 0.2) is 76.5 Å². The number of alkyl halides is 3. The summed E-state index contributed by atoms with van der Waals surface area (Å²) in [5, 5.41) is 13.7.